The molecule has 1 aliphatic rings. The van der Waals surface area contributed by atoms with Gasteiger partial charge in [-0.05, 0) is 6.07 Å². The van der Waals surface area contributed by atoms with Crippen molar-refractivity contribution < 1.29 is 0 Å². The molecule has 1 N–H and O–H groups in total. The molecule has 16 heavy (non-hydrogen) atoms. The van der Waals surface area contributed by atoms with Gasteiger partial charge in [0.25, 0.3) is 0 Å². The number of aryl methyl sites for hydroxylation is 1. The molecule has 1 aliphatic heterocycles. The van der Waals surface area contributed by atoms with Crippen molar-refractivity contribution in [2.75, 3.05) is 0 Å². The number of hydrogen-bond donors (Lipinski definition) is 1. The second-order valence-electron chi connectivity index (χ2n) is 3.83. The average Bonchev–Trinajstić information content (AvgIpc) is 2.92. The first-order valence-electron chi connectivity index (χ1n) is 4.99. The largest absolute Gasteiger partial charge is 0.300 e. The van der Waals surface area contributed by atoms with Crippen molar-refractivity contribution in [3.05, 3.63) is 23.5 Å². The van der Waals surface area contributed by atoms with Gasteiger partial charge in [-0.1, -0.05) is 0 Å². The summed E-state index contributed by atoms with van der Waals surface area (Å²) >= 11 is 0. The summed E-state index contributed by atoms with van der Waals surface area (Å²) in [6.07, 6.45) is 3.89. The standard InChI is InChI=1S/C10H10N6/c1-15-9(2-3-12-15)10-7-4-16(6-11)5-8(7)13-14-10/h2-3H,4-5H2,1H3,(H,13,14). The Labute approximate surface area is 92.1 Å². The number of rotatable bonds is 1. The molecule has 0 aromatic carbocycles. The smallest absolute Gasteiger partial charge is 0.180 e. The zero-order chi connectivity index (χ0) is 11.1. The molecular weight excluding hydrogens is 204 g/mol. The van der Waals surface area contributed by atoms with Crippen LogP contribution in [-0.4, -0.2) is 24.9 Å². The summed E-state index contributed by atoms with van der Waals surface area (Å²) in [6.45, 7) is 1.25. The van der Waals surface area contributed by atoms with Crippen LogP contribution >= 0.6 is 0 Å². The van der Waals surface area contributed by atoms with Crippen LogP contribution in [0.4, 0.5) is 0 Å². The Bertz CT molecular complexity index is 572. The maximum absolute atomic E-state index is 8.86. The lowest BCUT2D eigenvalue weighted by molar-refractivity contribution is 0.412. The van der Waals surface area contributed by atoms with Crippen molar-refractivity contribution in [1.29, 1.82) is 5.26 Å². The van der Waals surface area contributed by atoms with Crippen molar-refractivity contribution in [2.45, 2.75) is 13.1 Å². The lowest BCUT2D eigenvalue weighted by Crippen LogP contribution is -2.09. The Balaban J connectivity index is 2.07. The van der Waals surface area contributed by atoms with Crippen LogP contribution in [0, 0.1) is 11.5 Å². The minimum absolute atomic E-state index is 0.622. The molecule has 2 aromatic heterocycles. The normalized spacial score (nSPS) is 13.9. The van der Waals surface area contributed by atoms with Gasteiger partial charge in [0, 0.05) is 18.8 Å². The van der Waals surface area contributed by atoms with Gasteiger partial charge in [-0.25, -0.2) is 0 Å². The molecule has 0 amide bonds. The Hall–Kier alpha value is -2.29. The fraction of sp³-hybridized carbons (Fsp3) is 0.300. The van der Waals surface area contributed by atoms with E-state index in [4.69, 9.17) is 5.26 Å². The number of H-pyrrole nitrogens is 1. The summed E-state index contributed by atoms with van der Waals surface area (Å²) in [5, 5.41) is 20.2. The van der Waals surface area contributed by atoms with Gasteiger partial charge in [0.15, 0.2) is 6.19 Å². The Morgan fingerprint density at radius 3 is 3.06 bits per heavy atom. The molecule has 2 aromatic rings. The van der Waals surface area contributed by atoms with Gasteiger partial charge in [0.1, 0.15) is 5.69 Å². The first-order chi connectivity index (χ1) is 7.79. The van der Waals surface area contributed by atoms with E-state index in [2.05, 4.69) is 21.5 Å². The van der Waals surface area contributed by atoms with Crippen LogP contribution in [0.25, 0.3) is 11.4 Å². The van der Waals surface area contributed by atoms with E-state index in [0.717, 1.165) is 22.6 Å². The highest BCUT2D eigenvalue weighted by Crippen LogP contribution is 2.29. The molecule has 3 heterocycles. The quantitative estimate of drug-likeness (QED) is 0.706. The molecule has 0 unspecified atom stereocenters. The summed E-state index contributed by atoms with van der Waals surface area (Å²) in [4.78, 5) is 1.70. The van der Waals surface area contributed by atoms with E-state index in [-0.39, 0.29) is 0 Å². The topological polar surface area (TPSA) is 73.5 Å². The third kappa shape index (κ3) is 1.11. The SMILES string of the molecule is Cn1nccc1-c1n[nH]c2c1CN(C#N)C2. The van der Waals surface area contributed by atoms with Crippen molar-refractivity contribution in [1.82, 2.24) is 24.9 Å². The minimum Gasteiger partial charge on any atom is -0.300 e. The van der Waals surface area contributed by atoms with Gasteiger partial charge < -0.3 is 4.90 Å². The van der Waals surface area contributed by atoms with E-state index in [9.17, 15) is 0 Å². The Kier molecular flexibility index (Phi) is 1.74. The first-order valence-corrected chi connectivity index (χ1v) is 4.99. The monoisotopic (exact) mass is 214 g/mol. The second-order valence-corrected chi connectivity index (χ2v) is 3.83. The van der Waals surface area contributed by atoms with Gasteiger partial charge in [0.05, 0.1) is 24.5 Å². The number of nitrogens with one attached hydrogen (secondary N) is 1. The summed E-state index contributed by atoms with van der Waals surface area (Å²) in [5.74, 6) is 0. The molecule has 0 bridgehead atoms. The predicted octanol–water partition coefficient (Wildman–Crippen LogP) is 0.607. The number of aromatic amines is 1. The van der Waals surface area contributed by atoms with Crippen LogP contribution in [0.1, 0.15) is 11.3 Å². The third-order valence-corrected chi connectivity index (χ3v) is 2.86. The maximum Gasteiger partial charge on any atom is 0.180 e. The van der Waals surface area contributed by atoms with Crippen molar-refractivity contribution >= 4 is 0 Å². The first kappa shape index (κ1) is 8.97. The van der Waals surface area contributed by atoms with Crippen LogP contribution in [0.5, 0.6) is 0 Å². The molecule has 80 valence electrons. The molecule has 0 saturated heterocycles. The highest BCUT2D eigenvalue weighted by atomic mass is 15.3. The maximum atomic E-state index is 8.86. The Morgan fingerprint density at radius 1 is 1.50 bits per heavy atom. The molecule has 0 fully saturated rings. The third-order valence-electron chi connectivity index (χ3n) is 2.86. The van der Waals surface area contributed by atoms with Crippen LogP contribution in [0.3, 0.4) is 0 Å². The molecule has 0 radical (unpaired) electrons. The summed E-state index contributed by atoms with van der Waals surface area (Å²) in [7, 11) is 1.88. The highest BCUT2D eigenvalue weighted by Gasteiger charge is 2.25. The van der Waals surface area contributed by atoms with Crippen LogP contribution in [-0.2, 0) is 20.1 Å². The number of nitrogens with zero attached hydrogens (tertiary/aromatic N) is 5. The lowest BCUT2D eigenvalue weighted by Gasteiger charge is -2.04. The van der Waals surface area contributed by atoms with Crippen LogP contribution in [0.2, 0.25) is 0 Å². The zero-order valence-electron chi connectivity index (χ0n) is 8.80. The number of hydrogen-bond acceptors (Lipinski definition) is 4. The van der Waals surface area contributed by atoms with E-state index in [0.29, 0.717) is 13.1 Å². The average molecular weight is 214 g/mol. The lowest BCUT2D eigenvalue weighted by atomic mass is 10.2. The molecule has 6 nitrogen and oxygen atoms in total. The predicted molar refractivity (Wildman–Crippen MR) is 55.6 cm³/mol. The summed E-state index contributed by atoms with van der Waals surface area (Å²) < 4.78 is 1.78. The van der Waals surface area contributed by atoms with E-state index < -0.39 is 0 Å². The van der Waals surface area contributed by atoms with Gasteiger partial charge in [-0.2, -0.15) is 15.5 Å². The second kappa shape index (κ2) is 3.10. The zero-order valence-corrected chi connectivity index (χ0v) is 8.80. The van der Waals surface area contributed by atoms with Crippen molar-refractivity contribution in [2.24, 2.45) is 7.05 Å². The number of fused-ring (bicyclic) bond motifs is 1. The van der Waals surface area contributed by atoms with Gasteiger partial charge in [-0.3, -0.25) is 9.78 Å². The molecular formula is C10H10N6. The summed E-state index contributed by atoms with van der Waals surface area (Å²) in [5.41, 5.74) is 3.99. The highest BCUT2D eigenvalue weighted by molar-refractivity contribution is 5.61. The van der Waals surface area contributed by atoms with Crippen LogP contribution in [0.15, 0.2) is 12.3 Å². The molecule has 0 aliphatic carbocycles. The molecule has 6 heteroatoms. The van der Waals surface area contributed by atoms with Crippen molar-refractivity contribution in [3.8, 4) is 17.6 Å². The fourth-order valence-corrected chi connectivity index (χ4v) is 2.03. The van der Waals surface area contributed by atoms with Gasteiger partial charge >= 0.3 is 0 Å². The number of aromatic nitrogens is 4. The van der Waals surface area contributed by atoms with E-state index in [1.54, 1.807) is 15.8 Å². The molecule has 0 atom stereocenters. The van der Waals surface area contributed by atoms with E-state index >= 15 is 0 Å². The summed E-state index contributed by atoms with van der Waals surface area (Å²) in [6, 6.07) is 1.92. The van der Waals surface area contributed by atoms with Gasteiger partial charge in [0.2, 0.25) is 0 Å². The van der Waals surface area contributed by atoms with Gasteiger partial charge in [-0.15, -0.1) is 0 Å². The van der Waals surface area contributed by atoms with Crippen molar-refractivity contribution in [3.63, 3.8) is 0 Å². The van der Waals surface area contributed by atoms with E-state index in [1.165, 1.54) is 0 Å². The molecule has 0 saturated carbocycles. The molecule has 3 rings (SSSR count). The van der Waals surface area contributed by atoms with E-state index in [1.807, 2.05) is 13.1 Å². The molecule has 0 spiro atoms. The fourth-order valence-electron chi connectivity index (χ4n) is 2.03. The number of nitriles is 1. The Morgan fingerprint density at radius 2 is 2.38 bits per heavy atom. The van der Waals surface area contributed by atoms with Crippen LogP contribution < -0.4 is 0 Å². The minimum atomic E-state index is 0.622.